The van der Waals surface area contributed by atoms with Crippen LogP contribution in [0.1, 0.15) is 39.0 Å². The number of rotatable bonds is 8. The molecule has 0 rings (SSSR count). The average molecular weight is 168 g/mol. The highest BCUT2D eigenvalue weighted by Crippen LogP contribution is 1.98. The zero-order chi connectivity index (χ0) is 9.07. The fourth-order valence-corrected chi connectivity index (χ4v) is 0.933. The molecule has 0 aromatic rings. The smallest absolute Gasteiger partial charge is 0.0873 e. The molecule has 12 heavy (non-hydrogen) atoms. The SMILES string of the molecule is C=COCCCC/C=C/CCC. The van der Waals surface area contributed by atoms with Crippen LogP contribution >= 0.6 is 0 Å². The van der Waals surface area contributed by atoms with Gasteiger partial charge >= 0.3 is 0 Å². The second-order valence-electron chi connectivity index (χ2n) is 2.79. The average Bonchev–Trinajstić information content (AvgIpc) is 2.10. The fourth-order valence-electron chi connectivity index (χ4n) is 0.933. The van der Waals surface area contributed by atoms with E-state index in [9.17, 15) is 0 Å². The van der Waals surface area contributed by atoms with Crippen LogP contribution in [0, 0.1) is 0 Å². The summed E-state index contributed by atoms with van der Waals surface area (Å²) in [5.74, 6) is 0. The third-order valence-electron chi connectivity index (χ3n) is 1.62. The minimum absolute atomic E-state index is 0.811. The molecule has 0 bridgehead atoms. The molecule has 70 valence electrons. The molecule has 0 aromatic heterocycles. The molecule has 0 fully saturated rings. The van der Waals surface area contributed by atoms with Gasteiger partial charge in [0.15, 0.2) is 0 Å². The molecule has 0 N–H and O–H groups in total. The Labute approximate surface area is 76.1 Å². The fraction of sp³-hybridized carbons (Fsp3) is 0.636. The van der Waals surface area contributed by atoms with Crippen LogP contribution < -0.4 is 0 Å². The first-order valence-electron chi connectivity index (χ1n) is 4.79. The summed E-state index contributed by atoms with van der Waals surface area (Å²) in [7, 11) is 0. The highest BCUT2D eigenvalue weighted by Gasteiger charge is 1.84. The summed E-state index contributed by atoms with van der Waals surface area (Å²) in [4.78, 5) is 0. The predicted octanol–water partition coefficient (Wildman–Crippen LogP) is 3.67. The maximum absolute atomic E-state index is 5.00. The van der Waals surface area contributed by atoms with Gasteiger partial charge in [0.05, 0.1) is 12.9 Å². The van der Waals surface area contributed by atoms with Gasteiger partial charge in [0.25, 0.3) is 0 Å². The Kier molecular flexibility index (Phi) is 9.66. The third kappa shape index (κ3) is 9.28. The number of ether oxygens (including phenoxy) is 1. The number of unbranched alkanes of at least 4 members (excludes halogenated alkanes) is 3. The van der Waals surface area contributed by atoms with E-state index >= 15 is 0 Å². The van der Waals surface area contributed by atoms with Crippen molar-refractivity contribution in [3.05, 3.63) is 25.0 Å². The minimum Gasteiger partial charge on any atom is -0.502 e. The molecule has 0 saturated heterocycles. The van der Waals surface area contributed by atoms with Gasteiger partial charge in [-0.3, -0.25) is 0 Å². The van der Waals surface area contributed by atoms with Crippen LogP contribution in [0.25, 0.3) is 0 Å². The summed E-state index contributed by atoms with van der Waals surface area (Å²) in [5.41, 5.74) is 0. The van der Waals surface area contributed by atoms with Gasteiger partial charge in [0.2, 0.25) is 0 Å². The van der Waals surface area contributed by atoms with Crippen molar-refractivity contribution in [2.75, 3.05) is 6.61 Å². The number of hydrogen-bond donors (Lipinski definition) is 0. The highest BCUT2D eigenvalue weighted by molar-refractivity contribution is 4.80. The van der Waals surface area contributed by atoms with Crippen LogP contribution in [0.3, 0.4) is 0 Å². The van der Waals surface area contributed by atoms with E-state index in [2.05, 4.69) is 25.7 Å². The Hall–Kier alpha value is -0.720. The van der Waals surface area contributed by atoms with Crippen molar-refractivity contribution in [1.82, 2.24) is 0 Å². The van der Waals surface area contributed by atoms with Gasteiger partial charge in [-0.1, -0.05) is 32.1 Å². The molecule has 0 spiro atoms. The maximum atomic E-state index is 5.00. The molecule has 0 radical (unpaired) electrons. The Morgan fingerprint density at radius 2 is 1.92 bits per heavy atom. The van der Waals surface area contributed by atoms with Gasteiger partial charge in [0, 0.05) is 0 Å². The molecular weight excluding hydrogens is 148 g/mol. The number of allylic oxidation sites excluding steroid dienone is 2. The minimum atomic E-state index is 0.811. The maximum Gasteiger partial charge on any atom is 0.0873 e. The lowest BCUT2D eigenvalue weighted by atomic mass is 10.2. The molecule has 0 amide bonds. The van der Waals surface area contributed by atoms with E-state index in [0.717, 1.165) is 13.0 Å². The van der Waals surface area contributed by atoms with Crippen molar-refractivity contribution in [3.8, 4) is 0 Å². The molecular formula is C11H20O. The van der Waals surface area contributed by atoms with Crippen molar-refractivity contribution in [2.24, 2.45) is 0 Å². The van der Waals surface area contributed by atoms with Crippen molar-refractivity contribution < 1.29 is 4.74 Å². The molecule has 0 atom stereocenters. The summed E-state index contributed by atoms with van der Waals surface area (Å²) in [5, 5.41) is 0. The summed E-state index contributed by atoms with van der Waals surface area (Å²) < 4.78 is 5.00. The molecule has 0 aliphatic heterocycles. The van der Waals surface area contributed by atoms with E-state index in [4.69, 9.17) is 4.74 Å². The van der Waals surface area contributed by atoms with Crippen LogP contribution in [-0.4, -0.2) is 6.61 Å². The van der Waals surface area contributed by atoms with E-state index in [1.807, 2.05) is 0 Å². The second kappa shape index (κ2) is 10.3. The standard InChI is InChI=1S/C11H20O/c1-3-5-6-7-8-9-10-11-12-4-2/h4,6-7H,2-3,5,8-11H2,1H3/b7-6+. The Morgan fingerprint density at radius 3 is 2.58 bits per heavy atom. The van der Waals surface area contributed by atoms with Gasteiger partial charge in [-0.15, -0.1) is 0 Å². The zero-order valence-corrected chi connectivity index (χ0v) is 8.09. The van der Waals surface area contributed by atoms with E-state index in [-0.39, 0.29) is 0 Å². The molecule has 1 heteroatoms. The summed E-state index contributed by atoms with van der Waals surface area (Å²) >= 11 is 0. The first kappa shape index (κ1) is 11.3. The van der Waals surface area contributed by atoms with Gasteiger partial charge in [0.1, 0.15) is 0 Å². The monoisotopic (exact) mass is 168 g/mol. The van der Waals surface area contributed by atoms with E-state index in [0.29, 0.717) is 0 Å². The van der Waals surface area contributed by atoms with E-state index in [1.54, 1.807) is 0 Å². The Bertz CT molecular complexity index is 116. The lowest BCUT2D eigenvalue weighted by Crippen LogP contribution is -1.85. The molecule has 0 aliphatic carbocycles. The quantitative estimate of drug-likeness (QED) is 0.305. The van der Waals surface area contributed by atoms with Gasteiger partial charge < -0.3 is 4.74 Å². The topological polar surface area (TPSA) is 9.23 Å². The predicted molar refractivity (Wildman–Crippen MR) is 54.0 cm³/mol. The van der Waals surface area contributed by atoms with Crippen LogP contribution in [0.2, 0.25) is 0 Å². The van der Waals surface area contributed by atoms with E-state index < -0.39 is 0 Å². The highest BCUT2D eigenvalue weighted by atomic mass is 16.5. The van der Waals surface area contributed by atoms with Gasteiger partial charge in [-0.2, -0.15) is 0 Å². The summed E-state index contributed by atoms with van der Waals surface area (Å²) in [6.07, 6.45) is 12.0. The zero-order valence-electron chi connectivity index (χ0n) is 8.09. The van der Waals surface area contributed by atoms with E-state index in [1.165, 1.54) is 31.9 Å². The summed E-state index contributed by atoms with van der Waals surface area (Å²) in [6, 6.07) is 0. The third-order valence-corrected chi connectivity index (χ3v) is 1.62. The molecule has 0 heterocycles. The molecule has 0 aromatic carbocycles. The lowest BCUT2D eigenvalue weighted by Gasteiger charge is -1.97. The van der Waals surface area contributed by atoms with Crippen molar-refractivity contribution >= 4 is 0 Å². The molecule has 0 unspecified atom stereocenters. The lowest BCUT2D eigenvalue weighted by molar-refractivity contribution is 0.243. The molecule has 0 saturated carbocycles. The number of hydrogen-bond acceptors (Lipinski definition) is 1. The normalized spacial score (nSPS) is 10.4. The van der Waals surface area contributed by atoms with Gasteiger partial charge in [-0.05, 0) is 25.7 Å². The van der Waals surface area contributed by atoms with Crippen LogP contribution in [-0.2, 0) is 4.74 Å². The van der Waals surface area contributed by atoms with Crippen LogP contribution in [0.4, 0.5) is 0 Å². The molecule has 0 aliphatic rings. The first-order valence-corrected chi connectivity index (χ1v) is 4.79. The van der Waals surface area contributed by atoms with Crippen LogP contribution in [0.15, 0.2) is 25.0 Å². The Balaban J connectivity index is 2.94. The van der Waals surface area contributed by atoms with Crippen molar-refractivity contribution in [1.29, 1.82) is 0 Å². The largest absolute Gasteiger partial charge is 0.502 e. The van der Waals surface area contributed by atoms with Crippen LogP contribution in [0.5, 0.6) is 0 Å². The van der Waals surface area contributed by atoms with Gasteiger partial charge in [-0.25, -0.2) is 0 Å². The molecule has 1 nitrogen and oxygen atoms in total. The summed E-state index contributed by atoms with van der Waals surface area (Å²) in [6.45, 7) is 6.49. The second-order valence-corrected chi connectivity index (χ2v) is 2.79. The van der Waals surface area contributed by atoms with Crippen molar-refractivity contribution in [3.63, 3.8) is 0 Å². The van der Waals surface area contributed by atoms with Crippen molar-refractivity contribution in [2.45, 2.75) is 39.0 Å². The Morgan fingerprint density at radius 1 is 1.17 bits per heavy atom. The first-order chi connectivity index (χ1) is 5.91.